The molecule has 2 rings (SSSR count). The lowest BCUT2D eigenvalue weighted by atomic mass is 9.78. The summed E-state index contributed by atoms with van der Waals surface area (Å²) >= 11 is 22.1. The van der Waals surface area contributed by atoms with Gasteiger partial charge in [-0.25, -0.2) is 4.39 Å². The normalized spacial score (nSPS) is 11.7. The van der Waals surface area contributed by atoms with Gasteiger partial charge in [0.05, 0.1) is 0 Å². The third-order valence-corrected chi connectivity index (χ3v) is 5.38. The number of hydrogen-bond donors (Lipinski definition) is 0. The molecular formula is C16H13BrCl3F. The second-order valence-corrected chi connectivity index (χ2v) is 6.82. The van der Waals surface area contributed by atoms with Crippen LogP contribution in [0.15, 0.2) is 46.9 Å². The lowest BCUT2D eigenvalue weighted by molar-refractivity contribution is 0.533. The van der Waals surface area contributed by atoms with E-state index >= 15 is 0 Å². The average molecular weight is 411 g/mol. The van der Waals surface area contributed by atoms with Crippen molar-refractivity contribution in [1.29, 1.82) is 0 Å². The average Bonchev–Trinajstić information content (AvgIpc) is 2.48. The van der Waals surface area contributed by atoms with Gasteiger partial charge in [0.2, 0.25) is 0 Å². The molecule has 0 spiro atoms. The standard InChI is InChI=1S/C16H13BrCl3F/c17-13-4-1-11(15(20)7-13)8-16(9-18,10-19)12-2-5-14(21)6-3-12/h1-7H,8-10H2. The summed E-state index contributed by atoms with van der Waals surface area (Å²) in [5.74, 6) is 0.377. The molecule has 0 aliphatic carbocycles. The van der Waals surface area contributed by atoms with Crippen molar-refractivity contribution in [1.82, 2.24) is 0 Å². The summed E-state index contributed by atoms with van der Waals surface area (Å²) in [6.45, 7) is 0. The van der Waals surface area contributed by atoms with E-state index in [1.54, 1.807) is 12.1 Å². The SMILES string of the molecule is Fc1ccc(C(CCl)(CCl)Cc2ccc(Br)cc2Cl)cc1. The molecule has 0 nitrogen and oxygen atoms in total. The van der Waals surface area contributed by atoms with E-state index < -0.39 is 5.41 Å². The third kappa shape index (κ3) is 3.92. The van der Waals surface area contributed by atoms with Gasteiger partial charge in [-0.2, -0.15) is 0 Å². The van der Waals surface area contributed by atoms with Crippen LogP contribution in [0.3, 0.4) is 0 Å². The highest BCUT2D eigenvalue weighted by atomic mass is 79.9. The molecule has 0 N–H and O–H groups in total. The molecular weight excluding hydrogens is 397 g/mol. The molecule has 0 saturated carbocycles. The fraction of sp³-hybridized carbons (Fsp3) is 0.250. The van der Waals surface area contributed by atoms with Crippen LogP contribution in [0, 0.1) is 5.82 Å². The highest BCUT2D eigenvalue weighted by Gasteiger charge is 2.31. The zero-order valence-corrected chi connectivity index (χ0v) is 14.9. The Kier molecular flexibility index (Phi) is 5.96. The van der Waals surface area contributed by atoms with E-state index in [9.17, 15) is 4.39 Å². The molecule has 112 valence electrons. The number of halogens is 5. The number of alkyl halides is 2. The van der Waals surface area contributed by atoms with Crippen molar-refractivity contribution in [2.45, 2.75) is 11.8 Å². The molecule has 0 atom stereocenters. The lowest BCUT2D eigenvalue weighted by Gasteiger charge is -2.31. The molecule has 2 aromatic rings. The van der Waals surface area contributed by atoms with E-state index in [4.69, 9.17) is 34.8 Å². The minimum atomic E-state index is -0.478. The molecule has 0 unspecified atom stereocenters. The quantitative estimate of drug-likeness (QED) is 0.515. The van der Waals surface area contributed by atoms with E-state index in [2.05, 4.69) is 15.9 Å². The van der Waals surface area contributed by atoms with Crippen LogP contribution in [0.4, 0.5) is 4.39 Å². The van der Waals surface area contributed by atoms with Crippen LogP contribution in [-0.4, -0.2) is 11.8 Å². The molecule has 0 saturated heterocycles. The van der Waals surface area contributed by atoms with Gasteiger partial charge in [0, 0.05) is 26.7 Å². The maximum Gasteiger partial charge on any atom is 0.123 e. The van der Waals surface area contributed by atoms with Gasteiger partial charge in [-0.15, -0.1) is 23.2 Å². The maximum absolute atomic E-state index is 13.1. The van der Waals surface area contributed by atoms with Gasteiger partial charge in [0.1, 0.15) is 5.82 Å². The molecule has 0 radical (unpaired) electrons. The van der Waals surface area contributed by atoms with Crippen LogP contribution in [0.25, 0.3) is 0 Å². The highest BCUT2D eigenvalue weighted by molar-refractivity contribution is 9.10. The minimum absolute atomic E-state index is 0.279. The molecule has 0 bridgehead atoms. The zero-order chi connectivity index (χ0) is 15.5. The van der Waals surface area contributed by atoms with Crippen LogP contribution in [0.5, 0.6) is 0 Å². The Morgan fingerprint density at radius 1 is 1.00 bits per heavy atom. The fourth-order valence-electron chi connectivity index (χ4n) is 2.22. The van der Waals surface area contributed by atoms with Gasteiger partial charge in [0.25, 0.3) is 0 Å². The Hall–Kier alpha value is -0.280. The Morgan fingerprint density at radius 2 is 1.62 bits per heavy atom. The Labute approximate surface area is 147 Å². The van der Waals surface area contributed by atoms with Crippen LogP contribution in [-0.2, 0) is 11.8 Å². The molecule has 2 aromatic carbocycles. The molecule has 5 heteroatoms. The summed E-state index contributed by atoms with van der Waals surface area (Å²) in [6, 6.07) is 12.0. The van der Waals surface area contributed by atoms with E-state index in [0.717, 1.165) is 15.6 Å². The van der Waals surface area contributed by atoms with Gasteiger partial charge in [-0.05, 0) is 41.8 Å². The van der Waals surface area contributed by atoms with Crippen molar-refractivity contribution in [3.63, 3.8) is 0 Å². The monoisotopic (exact) mass is 408 g/mol. The van der Waals surface area contributed by atoms with Gasteiger partial charge < -0.3 is 0 Å². The summed E-state index contributed by atoms with van der Waals surface area (Å²) < 4.78 is 14.0. The van der Waals surface area contributed by atoms with Gasteiger partial charge in [-0.1, -0.05) is 45.7 Å². The second-order valence-electron chi connectivity index (χ2n) is 4.97. The molecule has 0 aliphatic rings. The van der Waals surface area contributed by atoms with E-state index in [0.29, 0.717) is 23.2 Å². The summed E-state index contributed by atoms with van der Waals surface area (Å²) in [4.78, 5) is 0. The van der Waals surface area contributed by atoms with Crippen molar-refractivity contribution in [2.75, 3.05) is 11.8 Å². The molecule has 0 amide bonds. The van der Waals surface area contributed by atoms with Crippen LogP contribution in [0.2, 0.25) is 5.02 Å². The lowest BCUT2D eigenvalue weighted by Crippen LogP contribution is -2.33. The van der Waals surface area contributed by atoms with Crippen LogP contribution in [0.1, 0.15) is 11.1 Å². The largest absolute Gasteiger partial charge is 0.207 e. The summed E-state index contributed by atoms with van der Waals surface area (Å²) in [5.41, 5.74) is 1.40. The molecule has 0 aliphatic heterocycles. The van der Waals surface area contributed by atoms with Gasteiger partial charge in [-0.3, -0.25) is 0 Å². The Bertz CT molecular complexity index is 609. The first-order valence-electron chi connectivity index (χ1n) is 6.33. The predicted molar refractivity (Wildman–Crippen MR) is 92.4 cm³/mol. The Morgan fingerprint density at radius 3 is 2.14 bits per heavy atom. The third-order valence-electron chi connectivity index (χ3n) is 3.51. The summed E-state index contributed by atoms with van der Waals surface area (Å²) in [7, 11) is 0. The zero-order valence-electron chi connectivity index (χ0n) is 11.1. The molecule has 0 heterocycles. The predicted octanol–water partition coefficient (Wildman–Crippen LogP) is 6.20. The van der Waals surface area contributed by atoms with Crippen molar-refractivity contribution in [2.24, 2.45) is 0 Å². The summed E-state index contributed by atoms with van der Waals surface area (Å²) in [6.07, 6.45) is 0.595. The molecule has 21 heavy (non-hydrogen) atoms. The highest BCUT2D eigenvalue weighted by Crippen LogP contribution is 2.34. The maximum atomic E-state index is 13.1. The number of hydrogen-bond acceptors (Lipinski definition) is 0. The van der Waals surface area contributed by atoms with Crippen LogP contribution >= 0.6 is 50.7 Å². The van der Waals surface area contributed by atoms with Gasteiger partial charge in [0.15, 0.2) is 0 Å². The summed E-state index contributed by atoms with van der Waals surface area (Å²) in [5, 5.41) is 0.658. The number of benzene rings is 2. The molecule has 0 aromatic heterocycles. The fourth-order valence-corrected chi connectivity index (χ4v) is 3.74. The van der Waals surface area contributed by atoms with Gasteiger partial charge >= 0.3 is 0 Å². The van der Waals surface area contributed by atoms with Crippen molar-refractivity contribution in [3.8, 4) is 0 Å². The van der Waals surface area contributed by atoms with Crippen molar-refractivity contribution < 1.29 is 4.39 Å². The minimum Gasteiger partial charge on any atom is -0.207 e. The first-order chi connectivity index (χ1) is 10.0. The Balaban J connectivity index is 2.40. The van der Waals surface area contributed by atoms with Crippen molar-refractivity contribution in [3.05, 3.63) is 68.9 Å². The van der Waals surface area contributed by atoms with Crippen molar-refractivity contribution >= 4 is 50.7 Å². The van der Waals surface area contributed by atoms with Crippen LogP contribution < -0.4 is 0 Å². The van der Waals surface area contributed by atoms with E-state index in [-0.39, 0.29) is 5.82 Å². The first kappa shape index (κ1) is 17.1. The second kappa shape index (κ2) is 7.32. The topological polar surface area (TPSA) is 0 Å². The smallest absolute Gasteiger partial charge is 0.123 e. The molecule has 0 fully saturated rings. The first-order valence-corrected chi connectivity index (χ1v) is 8.57. The van der Waals surface area contributed by atoms with E-state index in [1.165, 1.54) is 12.1 Å². The number of rotatable bonds is 5. The van der Waals surface area contributed by atoms with E-state index in [1.807, 2.05) is 18.2 Å².